The van der Waals surface area contributed by atoms with E-state index in [-0.39, 0.29) is 17.5 Å². The fourth-order valence-corrected chi connectivity index (χ4v) is 3.52. The maximum absolute atomic E-state index is 12.4. The number of carbonyl (C=O) groups excluding carboxylic acids is 1. The summed E-state index contributed by atoms with van der Waals surface area (Å²) >= 11 is 1.44. The number of carbonyl (C=O) groups is 1. The lowest BCUT2D eigenvalue weighted by molar-refractivity contribution is -0.117. The molecule has 3 aromatic rings. The predicted octanol–water partition coefficient (Wildman–Crippen LogP) is 0.311. The highest BCUT2D eigenvalue weighted by molar-refractivity contribution is 7.13. The molecule has 0 saturated carbocycles. The molecule has 0 saturated heterocycles. The number of aromatic amines is 1. The van der Waals surface area contributed by atoms with Crippen molar-refractivity contribution in [1.29, 1.82) is 0 Å². The zero-order valence-electron chi connectivity index (χ0n) is 15.6. The Kier molecular flexibility index (Phi) is 5.79. The molecule has 6 N–H and O–H groups in total. The van der Waals surface area contributed by atoms with E-state index in [1.807, 2.05) is 17.5 Å². The summed E-state index contributed by atoms with van der Waals surface area (Å²) in [5.41, 5.74) is 0.825. The molecule has 2 heterocycles. The van der Waals surface area contributed by atoms with Crippen LogP contribution in [0.5, 0.6) is 0 Å². The Morgan fingerprint density at radius 2 is 2.00 bits per heavy atom. The number of aliphatic hydroxyl groups is 4. The number of H-pyrrole nitrogens is 1. The molecule has 0 unspecified atom stereocenters. The van der Waals surface area contributed by atoms with Crippen LogP contribution in [0.2, 0.25) is 1.41 Å². The third-order valence-electron chi connectivity index (χ3n) is 4.33. The summed E-state index contributed by atoms with van der Waals surface area (Å²) in [7, 11) is 0. The second kappa shape index (κ2) is 8.63. The number of pyridine rings is 1. The second-order valence-electron chi connectivity index (χ2n) is 6.25. The van der Waals surface area contributed by atoms with Crippen LogP contribution in [0.1, 0.15) is 0 Å². The molecule has 0 aliphatic rings. The lowest BCUT2D eigenvalue weighted by Crippen LogP contribution is -2.49. The van der Waals surface area contributed by atoms with Gasteiger partial charge in [-0.15, -0.1) is 11.3 Å². The first-order valence-corrected chi connectivity index (χ1v) is 9.34. The molecule has 3 rings (SSSR count). The number of nitrogens with one attached hydrogen (secondary N) is 2. The highest BCUT2D eigenvalue weighted by Gasteiger charge is 2.31. The van der Waals surface area contributed by atoms with Crippen molar-refractivity contribution < 1.29 is 26.6 Å². The third kappa shape index (κ3) is 4.13. The predicted molar refractivity (Wildman–Crippen MR) is 106 cm³/mol. The first-order valence-electron chi connectivity index (χ1n) is 8.91. The van der Waals surface area contributed by atoms with Crippen LogP contribution in [0.3, 0.4) is 0 Å². The maximum atomic E-state index is 12.4. The van der Waals surface area contributed by atoms with Gasteiger partial charge in [-0.05, 0) is 35.0 Å². The molecule has 8 nitrogen and oxygen atoms in total. The first kappa shape index (κ1) is 18.8. The van der Waals surface area contributed by atoms with E-state index in [9.17, 15) is 24.9 Å². The van der Waals surface area contributed by atoms with Crippen molar-refractivity contribution in [3.63, 3.8) is 0 Å². The standard InChI is InChI=1S/C19H20N2O6S/c22-8-14(17(25)18(26)15(24)9-23)20-11-4-3-10-6-12(16-2-1-5-28-16)19(27)21-13(10)7-11/h1-8,14-15,17-18,20,23-26H,9H2,(H,21,27)/t14-,15+,17+,18+/m0/s1/i/hD. The minimum absolute atomic E-state index is 0.180. The van der Waals surface area contributed by atoms with Gasteiger partial charge in [-0.25, -0.2) is 0 Å². The molecule has 148 valence electrons. The summed E-state index contributed by atoms with van der Waals surface area (Å²) < 4.78 is 8.17. The zero-order valence-corrected chi connectivity index (χ0v) is 15.4. The normalized spacial score (nSPS) is 16.2. The topological polar surface area (TPSA) is 143 Å². The summed E-state index contributed by atoms with van der Waals surface area (Å²) in [5.74, 6) is 0. The molecule has 0 aliphatic carbocycles. The molecule has 0 amide bonds. The Morgan fingerprint density at radius 3 is 2.64 bits per heavy atom. The molecule has 0 spiro atoms. The minimum Gasteiger partial charge on any atom is -0.394 e. The number of thiophene rings is 1. The molecular weight excluding hydrogens is 384 g/mol. The van der Waals surface area contributed by atoms with Gasteiger partial charge in [0.15, 0.2) is 1.41 Å². The van der Waals surface area contributed by atoms with Gasteiger partial charge >= 0.3 is 0 Å². The number of benzene rings is 1. The molecule has 0 aliphatic heterocycles. The van der Waals surface area contributed by atoms with Crippen molar-refractivity contribution in [2.24, 2.45) is 0 Å². The van der Waals surface area contributed by atoms with E-state index >= 15 is 0 Å². The maximum Gasteiger partial charge on any atom is 0.257 e. The molecule has 28 heavy (non-hydrogen) atoms. The Labute approximate surface area is 165 Å². The van der Waals surface area contributed by atoms with Crippen molar-refractivity contribution in [3.8, 4) is 10.4 Å². The fraction of sp³-hybridized carbons (Fsp3) is 0.263. The minimum atomic E-state index is -1.82. The quantitative estimate of drug-likeness (QED) is 0.296. The Hall–Kier alpha value is -2.56. The lowest BCUT2D eigenvalue weighted by Gasteiger charge is -2.26. The summed E-state index contributed by atoms with van der Waals surface area (Å²) in [4.78, 5) is 27.4. The number of fused-ring (bicyclic) bond motifs is 1. The number of aldehydes is 1. The van der Waals surface area contributed by atoms with Crippen LogP contribution in [0.25, 0.3) is 21.3 Å². The van der Waals surface area contributed by atoms with Gasteiger partial charge in [0.25, 0.3) is 5.56 Å². The molecule has 2 aromatic heterocycles. The van der Waals surface area contributed by atoms with Gasteiger partial charge in [0.2, 0.25) is 0 Å². The van der Waals surface area contributed by atoms with Gasteiger partial charge in [-0.1, -0.05) is 12.1 Å². The van der Waals surface area contributed by atoms with Gasteiger partial charge in [0, 0.05) is 10.6 Å². The van der Waals surface area contributed by atoms with Crippen LogP contribution in [0.4, 0.5) is 5.69 Å². The molecular formula is C19H20N2O6S. The molecule has 0 radical (unpaired) electrons. The molecule has 0 fully saturated rings. The van der Waals surface area contributed by atoms with Crippen molar-refractivity contribution in [2.75, 3.05) is 11.9 Å². The van der Waals surface area contributed by atoms with Gasteiger partial charge in [-0.3, -0.25) is 4.79 Å². The van der Waals surface area contributed by atoms with Crippen LogP contribution in [0, 0.1) is 0 Å². The van der Waals surface area contributed by atoms with E-state index in [0.717, 1.165) is 4.88 Å². The van der Waals surface area contributed by atoms with Crippen LogP contribution in [-0.2, 0) is 4.79 Å². The monoisotopic (exact) mass is 405 g/mol. The Bertz CT molecular complexity index is 1040. The lowest BCUT2D eigenvalue weighted by atomic mass is 10.0. The molecule has 0 bridgehead atoms. The van der Waals surface area contributed by atoms with Crippen LogP contribution < -0.4 is 10.9 Å². The van der Waals surface area contributed by atoms with E-state index in [1.54, 1.807) is 12.1 Å². The highest BCUT2D eigenvalue weighted by Crippen LogP contribution is 2.25. The summed E-state index contributed by atoms with van der Waals surface area (Å²) in [6.07, 6.45) is -5.04. The van der Waals surface area contributed by atoms with Crippen molar-refractivity contribution in [1.82, 2.24) is 4.98 Å². The molecule has 9 heteroatoms. The van der Waals surface area contributed by atoms with Gasteiger partial charge in [0.05, 0.1) is 17.7 Å². The number of aromatic nitrogens is 1. The van der Waals surface area contributed by atoms with Crippen LogP contribution >= 0.6 is 11.3 Å². The fourth-order valence-electron chi connectivity index (χ4n) is 2.78. The van der Waals surface area contributed by atoms with E-state index in [0.29, 0.717) is 21.8 Å². The van der Waals surface area contributed by atoms with Crippen molar-refractivity contribution in [3.05, 3.63) is 52.1 Å². The Morgan fingerprint density at radius 1 is 1.21 bits per heavy atom. The summed E-state index contributed by atoms with van der Waals surface area (Å²) in [5, 5.41) is 41.6. The SMILES string of the molecule is [2H]N(c1ccc2cc(-c3cccs3)c(=O)[nH]c2c1)[C@@H](C=O)[C@@H](O)[C@H](O)[C@H](O)CO. The first-order chi connectivity index (χ1) is 13.9. The number of rotatable bonds is 8. The number of hydrogen-bond acceptors (Lipinski definition) is 8. The van der Waals surface area contributed by atoms with Crippen LogP contribution in [0.15, 0.2) is 46.6 Å². The summed E-state index contributed by atoms with van der Waals surface area (Å²) in [6, 6.07) is 8.56. The average Bonchev–Trinajstić information content (AvgIpc) is 3.26. The van der Waals surface area contributed by atoms with E-state index in [2.05, 4.69) is 4.98 Å². The van der Waals surface area contributed by atoms with Crippen molar-refractivity contribution in [2.45, 2.75) is 24.4 Å². The van der Waals surface area contributed by atoms with Crippen molar-refractivity contribution >= 4 is 34.2 Å². The van der Waals surface area contributed by atoms with Gasteiger partial charge < -0.3 is 35.5 Å². The molecule has 1 aromatic carbocycles. The third-order valence-corrected chi connectivity index (χ3v) is 5.24. The van der Waals surface area contributed by atoms with E-state index < -0.39 is 31.0 Å². The van der Waals surface area contributed by atoms with Gasteiger partial charge in [-0.2, -0.15) is 0 Å². The highest BCUT2D eigenvalue weighted by atomic mass is 32.1. The molecule has 4 atom stereocenters. The average molecular weight is 405 g/mol. The number of hydrogen-bond donors (Lipinski definition) is 6. The second-order valence-corrected chi connectivity index (χ2v) is 7.20. The van der Waals surface area contributed by atoms with Crippen LogP contribution in [-0.4, -0.2) is 62.7 Å². The largest absolute Gasteiger partial charge is 0.394 e. The number of aliphatic hydroxyl groups excluding tert-OH is 4. The van der Waals surface area contributed by atoms with Gasteiger partial charge in [0.1, 0.15) is 30.6 Å². The summed E-state index contributed by atoms with van der Waals surface area (Å²) in [6.45, 7) is -0.814. The van der Waals surface area contributed by atoms with E-state index in [1.165, 1.54) is 23.5 Å². The number of anilines is 1. The van der Waals surface area contributed by atoms with E-state index in [4.69, 9.17) is 6.52 Å². The zero-order chi connectivity index (χ0) is 21.1. The Balaban J connectivity index is 1.93. The smallest absolute Gasteiger partial charge is 0.257 e.